The van der Waals surface area contributed by atoms with E-state index in [4.69, 9.17) is 10.5 Å². The van der Waals surface area contributed by atoms with Crippen molar-refractivity contribution in [2.24, 2.45) is 40.7 Å². The molecular weight excluding hydrogens is 336 g/mol. The number of nitrogens with zero attached hydrogens (tertiary/aromatic N) is 1. The third kappa shape index (κ3) is 1.89. The van der Waals surface area contributed by atoms with Gasteiger partial charge in [0.25, 0.3) is 0 Å². The molecule has 7 rings (SSSR count). The monoisotopic (exact) mass is 366 g/mol. The predicted octanol–water partition coefficient (Wildman–Crippen LogP) is 3.01. The minimum absolute atomic E-state index is 0.265. The third-order valence-corrected chi connectivity index (χ3v) is 9.38. The zero-order valence-electron chi connectivity index (χ0n) is 16.4. The molecule has 4 heteroatoms. The van der Waals surface area contributed by atoms with Gasteiger partial charge in [-0.15, -0.1) is 0 Å². The summed E-state index contributed by atoms with van der Waals surface area (Å²) < 4.78 is 6.36. The van der Waals surface area contributed by atoms with Gasteiger partial charge < -0.3 is 10.5 Å². The molecule has 144 valence electrons. The van der Waals surface area contributed by atoms with E-state index in [-0.39, 0.29) is 11.5 Å². The summed E-state index contributed by atoms with van der Waals surface area (Å²) in [6, 6.07) is 8.74. The number of piperidine rings is 1. The third-order valence-electron chi connectivity index (χ3n) is 9.38. The van der Waals surface area contributed by atoms with Crippen LogP contribution < -0.4 is 5.73 Å². The van der Waals surface area contributed by atoms with Gasteiger partial charge in [0.1, 0.15) is 5.60 Å². The Balaban J connectivity index is 1.33. The van der Waals surface area contributed by atoms with Crippen molar-refractivity contribution < 1.29 is 9.53 Å². The second-order valence-corrected chi connectivity index (χ2v) is 10.0. The number of rotatable bonds is 4. The Morgan fingerprint density at radius 3 is 2.48 bits per heavy atom. The van der Waals surface area contributed by atoms with Crippen LogP contribution in [0.2, 0.25) is 0 Å². The quantitative estimate of drug-likeness (QED) is 0.891. The van der Waals surface area contributed by atoms with E-state index in [2.05, 4.69) is 17.9 Å². The maximum Gasteiger partial charge on any atom is 0.248 e. The van der Waals surface area contributed by atoms with Gasteiger partial charge in [-0.05, 0) is 60.1 Å². The topological polar surface area (TPSA) is 55.6 Å². The first-order valence-electron chi connectivity index (χ1n) is 10.7. The zero-order chi connectivity index (χ0) is 18.6. The van der Waals surface area contributed by atoms with E-state index < -0.39 is 0 Å². The summed E-state index contributed by atoms with van der Waals surface area (Å²) in [5.41, 5.74) is 7.78. The molecule has 1 aromatic carbocycles. The number of nitrogens with two attached hydrogens (primary N) is 1. The SMILES string of the molecule is COC1(c2cccc(C(N)=O)c2)C2CCCC1CN(C1C[C@@H]3[C@@H]4C1[C@]34C)C2. The summed E-state index contributed by atoms with van der Waals surface area (Å²) in [6.45, 7) is 4.80. The number of hydrogen-bond acceptors (Lipinski definition) is 3. The number of ether oxygens (including phenoxy) is 1. The van der Waals surface area contributed by atoms with Crippen molar-refractivity contribution in [2.45, 2.75) is 44.2 Å². The van der Waals surface area contributed by atoms with E-state index in [0.29, 0.717) is 17.4 Å². The summed E-state index contributed by atoms with van der Waals surface area (Å²) in [4.78, 5) is 14.6. The highest BCUT2D eigenvalue weighted by atomic mass is 16.5. The zero-order valence-corrected chi connectivity index (χ0v) is 16.4. The Bertz CT molecular complexity index is 802. The minimum Gasteiger partial charge on any atom is -0.373 e. The van der Waals surface area contributed by atoms with Crippen molar-refractivity contribution in [3.05, 3.63) is 35.4 Å². The van der Waals surface area contributed by atoms with Crippen molar-refractivity contribution in [3.8, 4) is 0 Å². The molecule has 1 aromatic rings. The van der Waals surface area contributed by atoms with Gasteiger partial charge in [-0.3, -0.25) is 9.69 Å². The lowest BCUT2D eigenvalue weighted by atomic mass is 9.62. The number of hydrogen-bond donors (Lipinski definition) is 1. The molecule has 4 unspecified atom stereocenters. The molecule has 5 aliphatic carbocycles. The van der Waals surface area contributed by atoms with Crippen LogP contribution in [0.15, 0.2) is 24.3 Å². The summed E-state index contributed by atoms with van der Waals surface area (Å²) in [5, 5.41) is 0. The number of likely N-dealkylation sites (tertiary alicyclic amines) is 1. The van der Waals surface area contributed by atoms with Crippen LogP contribution >= 0.6 is 0 Å². The maximum absolute atomic E-state index is 11.7. The van der Waals surface area contributed by atoms with Gasteiger partial charge in [0.15, 0.2) is 0 Å². The van der Waals surface area contributed by atoms with E-state index >= 15 is 0 Å². The van der Waals surface area contributed by atoms with Crippen LogP contribution in [0.1, 0.15) is 48.5 Å². The molecule has 1 aliphatic heterocycles. The lowest BCUT2D eigenvalue weighted by molar-refractivity contribution is -0.174. The molecule has 2 N–H and O–H groups in total. The van der Waals surface area contributed by atoms with Crippen LogP contribution in [-0.4, -0.2) is 37.0 Å². The second-order valence-electron chi connectivity index (χ2n) is 10.0. The van der Waals surface area contributed by atoms with E-state index in [0.717, 1.165) is 47.9 Å². The largest absolute Gasteiger partial charge is 0.373 e. The number of amides is 1. The molecule has 1 saturated heterocycles. The van der Waals surface area contributed by atoms with Gasteiger partial charge in [0.2, 0.25) is 5.91 Å². The molecule has 6 fully saturated rings. The molecule has 27 heavy (non-hydrogen) atoms. The molecule has 5 saturated carbocycles. The lowest BCUT2D eigenvalue weighted by Gasteiger charge is -2.56. The first kappa shape index (κ1) is 16.6. The van der Waals surface area contributed by atoms with Crippen LogP contribution in [0.5, 0.6) is 0 Å². The first-order valence-corrected chi connectivity index (χ1v) is 10.7. The number of fused-ring (bicyclic) bond motifs is 3. The average Bonchev–Trinajstić information content (AvgIpc) is 3.28. The van der Waals surface area contributed by atoms with Gasteiger partial charge >= 0.3 is 0 Å². The smallest absolute Gasteiger partial charge is 0.248 e. The average molecular weight is 367 g/mol. The molecule has 0 spiro atoms. The molecule has 4 nitrogen and oxygen atoms in total. The Hall–Kier alpha value is -1.39. The van der Waals surface area contributed by atoms with Gasteiger partial charge in [0, 0.05) is 43.6 Å². The van der Waals surface area contributed by atoms with Gasteiger partial charge in [-0.1, -0.05) is 25.5 Å². The number of carbonyl (C=O) groups excluding carboxylic acids is 1. The molecule has 1 amide bonds. The van der Waals surface area contributed by atoms with Gasteiger partial charge in [0.05, 0.1) is 0 Å². The van der Waals surface area contributed by atoms with Crippen LogP contribution in [0.25, 0.3) is 0 Å². The van der Waals surface area contributed by atoms with Crippen molar-refractivity contribution in [3.63, 3.8) is 0 Å². The first-order chi connectivity index (χ1) is 13.0. The molecule has 7 atom stereocenters. The van der Waals surface area contributed by atoms with Crippen molar-refractivity contribution in [2.75, 3.05) is 20.2 Å². The molecular formula is C23H30N2O2. The Morgan fingerprint density at radius 2 is 1.93 bits per heavy atom. The van der Waals surface area contributed by atoms with E-state index in [1.54, 1.807) is 0 Å². The Labute approximate surface area is 161 Å². The van der Waals surface area contributed by atoms with Gasteiger partial charge in [-0.25, -0.2) is 0 Å². The second kappa shape index (κ2) is 5.15. The highest BCUT2D eigenvalue weighted by Crippen LogP contribution is 2.91. The predicted molar refractivity (Wildman–Crippen MR) is 103 cm³/mol. The Morgan fingerprint density at radius 1 is 1.22 bits per heavy atom. The molecule has 4 bridgehead atoms. The fourth-order valence-corrected chi connectivity index (χ4v) is 8.05. The summed E-state index contributed by atoms with van der Waals surface area (Å²) >= 11 is 0. The van der Waals surface area contributed by atoms with Crippen LogP contribution in [0.3, 0.4) is 0 Å². The van der Waals surface area contributed by atoms with Crippen LogP contribution in [-0.2, 0) is 10.3 Å². The van der Waals surface area contributed by atoms with Crippen LogP contribution in [0.4, 0.5) is 0 Å². The minimum atomic E-state index is -0.354. The standard InChI is InChI=1S/C23H30N2O2/c1-22-17-10-18(20(22)19(17)22)25-11-15-7-4-8-16(12-25)23(15,27-2)14-6-3-5-13(9-14)21(24)26/h3,5-6,9,15-20H,4,7-8,10-12H2,1-2H3,(H2,24,26)/t15?,16?,17-,18?,19-,20?,22-,23?/m1/s1. The number of methoxy groups -OCH3 is 1. The highest BCUT2D eigenvalue weighted by Gasteiger charge is 2.89. The maximum atomic E-state index is 11.7. The number of benzene rings is 1. The fourth-order valence-electron chi connectivity index (χ4n) is 8.05. The molecule has 1 heterocycles. The van der Waals surface area contributed by atoms with E-state index in [1.165, 1.54) is 25.7 Å². The van der Waals surface area contributed by atoms with Crippen molar-refractivity contribution in [1.82, 2.24) is 4.90 Å². The van der Waals surface area contributed by atoms with E-state index in [1.807, 2.05) is 25.3 Å². The molecule has 0 aromatic heterocycles. The highest BCUT2D eigenvalue weighted by molar-refractivity contribution is 5.92. The van der Waals surface area contributed by atoms with Crippen LogP contribution in [0, 0.1) is 35.0 Å². The summed E-state index contributed by atoms with van der Waals surface area (Å²) in [6.07, 6.45) is 5.15. The van der Waals surface area contributed by atoms with Crippen molar-refractivity contribution in [1.29, 1.82) is 0 Å². The summed E-state index contributed by atoms with van der Waals surface area (Å²) in [7, 11) is 1.87. The normalized spacial score (nSPS) is 49.6. The fraction of sp³-hybridized carbons (Fsp3) is 0.696. The Kier molecular flexibility index (Phi) is 3.16. The number of primary amides is 1. The molecule has 0 radical (unpaired) electrons. The van der Waals surface area contributed by atoms with Gasteiger partial charge in [-0.2, -0.15) is 0 Å². The lowest BCUT2D eigenvalue weighted by Crippen LogP contribution is -2.60. The van der Waals surface area contributed by atoms with E-state index in [9.17, 15) is 4.79 Å². The van der Waals surface area contributed by atoms with Crippen molar-refractivity contribution >= 4 is 5.91 Å². The molecule has 6 aliphatic rings. The number of carbonyl (C=O) groups is 1. The summed E-state index contributed by atoms with van der Waals surface area (Å²) in [5.74, 6) is 3.72.